The van der Waals surface area contributed by atoms with Crippen molar-refractivity contribution in [3.63, 3.8) is 0 Å². The van der Waals surface area contributed by atoms with E-state index in [1.54, 1.807) is 6.07 Å². The second kappa shape index (κ2) is 5.49. The Morgan fingerprint density at radius 1 is 0.933 bits per heavy atom. The van der Waals surface area contributed by atoms with E-state index in [2.05, 4.69) is 57.8 Å². The zero-order valence-corrected chi connectivity index (χ0v) is 11.7. The first kappa shape index (κ1) is 12.5. The first-order chi connectivity index (χ1) is 7.11. The second-order valence-corrected chi connectivity index (χ2v) is 4.76. The first-order valence-corrected chi connectivity index (χ1v) is 5.83. The van der Waals surface area contributed by atoms with Gasteiger partial charge in [0.25, 0.3) is 0 Å². The zero-order chi connectivity index (χ0) is 11.4. The molecule has 0 bridgehead atoms. The van der Waals surface area contributed by atoms with Gasteiger partial charge in [-0.15, -0.1) is 0 Å². The molecular weight excluding hydrogens is 396 g/mol. The van der Waals surface area contributed by atoms with Crippen LogP contribution >= 0.6 is 47.8 Å². The fourth-order valence-electron chi connectivity index (χ4n) is 0.866. The highest BCUT2D eigenvalue weighted by atomic mass is 79.9. The third-order valence-corrected chi connectivity index (χ3v) is 3.40. The topological polar surface area (TPSA) is 58.9 Å². The molecule has 0 aromatic heterocycles. The summed E-state index contributed by atoms with van der Waals surface area (Å²) in [6, 6.07) is 1.62. The molecule has 0 spiro atoms. The fraction of sp³-hybridized carbons (Fsp3) is 0. The minimum Gasteiger partial charge on any atom is -0.211 e. The number of hydrogen-bond acceptors (Lipinski definition) is 4. The summed E-state index contributed by atoms with van der Waals surface area (Å²) >= 11 is 9.60. The van der Waals surface area contributed by atoms with E-state index in [1.807, 2.05) is 0 Å². The Labute approximate surface area is 110 Å². The molecule has 7 heteroatoms. The lowest BCUT2D eigenvalue weighted by molar-refractivity contribution is 0.565. The molecular formula is C8HBr3N2O2. The summed E-state index contributed by atoms with van der Waals surface area (Å²) in [7, 11) is 0. The predicted molar refractivity (Wildman–Crippen MR) is 65.1 cm³/mol. The Bertz CT molecular complexity index is 461. The molecule has 0 fully saturated rings. The van der Waals surface area contributed by atoms with E-state index in [0.717, 1.165) is 0 Å². The van der Waals surface area contributed by atoms with Gasteiger partial charge in [-0.25, -0.2) is 9.59 Å². The van der Waals surface area contributed by atoms with Crippen molar-refractivity contribution < 1.29 is 9.59 Å². The van der Waals surface area contributed by atoms with Crippen molar-refractivity contribution >= 4 is 71.3 Å². The molecule has 0 N–H and O–H groups in total. The summed E-state index contributed by atoms with van der Waals surface area (Å²) in [6.07, 6.45) is 2.83. The molecule has 0 aliphatic heterocycles. The smallest absolute Gasteiger partial charge is 0.211 e. The summed E-state index contributed by atoms with van der Waals surface area (Å²) in [4.78, 5) is 27.3. The van der Waals surface area contributed by atoms with Gasteiger partial charge in [-0.3, -0.25) is 0 Å². The number of benzene rings is 1. The van der Waals surface area contributed by atoms with Crippen molar-refractivity contribution in [2.45, 2.75) is 0 Å². The van der Waals surface area contributed by atoms with Gasteiger partial charge >= 0.3 is 0 Å². The van der Waals surface area contributed by atoms with Crippen LogP contribution in [0.25, 0.3) is 0 Å². The lowest BCUT2D eigenvalue weighted by atomic mass is 10.3. The molecule has 0 aliphatic carbocycles. The zero-order valence-electron chi connectivity index (χ0n) is 6.92. The maximum absolute atomic E-state index is 10.2. The van der Waals surface area contributed by atoms with Crippen LogP contribution in [0.3, 0.4) is 0 Å². The SMILES string of the molecule is O=C=Nc1c(Br)cc(Br)c(N=C=O)c1Br. The Balaban J connectivity index is 3.62. The lowest BCUT2D eigenvalue weighted by Gasteiger charge is -2.04. The van der Waals surface area contributed by atoms with Crippen LogP contribution in [0.2, 0.25) is 0 Å². The molecule has 0 unspecified atom stereocenters. The maximum atomic E-state index is 10.2. The highest BCUT2D eigenvalue weighted by Crippen LogP contribution is 2.44. The molecule has 1 rings (SSSR count). The molecule has 0 saturated carbocycles. The number of aliphatic imine (C=N–C) groups is 2. The molecule has 0 heterocycles. The number of isocyanates is 2. The average Bonchev–Trinajstić information content (AvgIpc) is 2.19. The van der Waals surface area contributed by atoms with Crippen LogP contribution in [0.15, 0.2) is 29.5 Å². The number of nitrogens with zero attached hydrogens (tertiary/aromatic N) is 2. The van der Waals surface area contributed by atoms with Crippen molar-refractivity contribution in [3.8, 4) is 0 Å². The number of carbonyl (C=O) groups excluding carboxylic acids is 2. The molecule has 0 saturated heterocycles. The van der Waals surface area contributed by atoms with E-state index in [-0.39, 0.29) is 0 Å². The Morgan fingerprint density at radius 3 is 1.67 bits per heavy atom. The Morgan fingerprint density at radius 2 is 1.33 bits per heavy atom. The van der Waals surface area contributed by atoms with Gasteiger partial charge in [0.2, 0.25) is 12.2 Å². The number of rotatable bonds is 2. The van der Waals surface area contributed by atoms with E-state index in [9.17, 15) is 9.59 Å². The fourth-order valence-corrected chi connectivity index (χ4v) is 3.34. The van der Waals surface area contributed by atoms with E-state index >= 15 is 0 Å². The minimum absolute atomic E-state index is 0.321. The number of halogens is 3. The third-order valence-electron chi connectivity index (χ3n) is 1.44. The van der Waals surface area contributed by atoms with Crippen LogP contribution in [0.4, 0.5) is 11.4 Å². The predicted octanol–water partition coefficient (Wildman–Crippen LogP) is 3.91. The van der Waals surface area contributed by atoms with Gasteiger partial charge in [0.1, 0.15) is 11.4 Å². The van der Waals surface area contributed by atoms with Crippen molar-refractivity contribution in [1.29, 1.82) is 0 Å². The van der Waals surface area contributed by atoms with Gasteiger partial charge in [0.05, 0.1) is 4.47 Å². The van der Waals surface area contributed by atoms with Crippen molar-refractivity contribution in [2.24, 2.45) is 9.98 Å². The van der Waals surface area contributed by atoms with Gasteiger partial charge < -0.3 is 0 Å². The standard InChI is InChI=1S/C8HBr3N2O2/c9-4-1-5(10)8(13-3-15)6(11)7(4)12-2-14/h1H. The monoisotopic (exact) mass is 394 g/mol. The molecule has 1 aromatic rings. The summed E-state index contributed by atoms with van der Waals surface area (Å²) in [5, 5.41) is 0. The molecule has 0 atom stereocenters. The van der Waals surface area contributed by atoms with E-state index in [4.69, 9.17) is 0 Å². The van der Waals surface area contributed by atoms with Crippen LogP contribution < -0.4 is 0 Å². The van der Waals surface area contributed by atoms with E-state index in [0.29, 0.717) is 24.8 Å². The van der Waals surface area contributed by atoms with E-state index in [1.165, 1.54) is 12.2 Å². The van der Waals surface area contributed by atoms with E-state index < -0.39 is 0 Å². The van der Waals surface area contributed by atoms with Gasteiger partial charge in [0.15, 0.2) is 0 Å². The van der Waals surface area contributed by atoms with Gasteiger partial charge in [0, 0.05) is 8.95 Å². The van der Waals surface area contributed by atoms with Gasteiger partial charge in [-0.05, 0) is 53.9 Å². The Hall–Kier alpha value is -0.580. The normalized spacial score (nSPS) is 9.00. The highest BCUT2D eigenvalue weighted by Gasteiger charge is 2.13. The van der Waals surface area contributed by atoms with Crippen LogP contribution in [-0.4, -0.2) is 12.2 Å². The molecule has 76 valence electrons. The number of hydrogen-bond donors (Lipinski definition) is 0. The maximum Gasteiger partial charge on any atom is 0.240 e. The first-order valence-electron chi connectivity index (χ1n) is 3.45. The second-order valence-electron chi connectivity index (χ2n) is 2.26. The van der Waals surface area contributed by atoms with Crippen LogP contribution in [0.1, 0.15) is 0 Å². The quantitative estimate of drug-likeness (QED) is 0.562. The lowest BCUT2D eigenvalue weighted by Crippen LogP contribution is -1.77. The van der Waals surface area contributed by atoms with Crippen molar-refractivity contribution in [3.05, 3.63) is 19.5 Å². The molecule has 0 aliphatic rings. The average molecular weight is 397 g/mol. The summed E-state index contributed by atoms with van der Waals surface area (Å²) in [5.41, 5.74) is 0.643. The third kappa shape index (κ3) is 2.71. The highest BCUT2D eigenvalue weighted by molar-refractivity contribution is 9.11. The summed E-state index contributed by atoms with van der Waals surface area (Å²) in [6.45, 7) is 0. The van der Waals surface area contributed by atoms with Gasteiger partial charge in [-0.2, -0.15) is 9.98 Å². The van der Waals surface area contributed by atoms with Crippen LogP contribution in [0.5, 0.6) is 0 Å². The van der Waals surface area contributed by atoms with Crippen LogP contribution in [-0.2, 0) is 9.59 Å². The summed E-state index contributed by atoms with van der Waals surface area (Å²) in [5.74, 6) is 0. The molecule has 0 radical (unpaired) electrons. The largest absolute Gasteiger partial charge is 0.240 e. The van der Waals surface area contributed by atoms with Crippen molar-refractivity contribution in [1.82, 2.24) is 0 Å². The summed E-state index contributed by atoms with van der Waals surface area (Å²) < 4.78 is 1.57. The van der Waals surface area contributed by atoms with Crippen LogP contribution in [0, 0.1) is 0 Å². The molecule has 0 amide bonds. The molecule has 4 nitrogen and oxygen atoms in total. The molecule has 1 aromatic carbocycles. The molecule has 15 heavy (non-hydrogen) atoms. The minimum atomic E-state index is 0.321. The Kier molecular flexibility index (Phi) is 4.57. The van der Waals surface area contributed by atoms with Gasteiger partial charge in [-0.1, -0.05) is 0 Å². The van der Waals surface area contributed by atoms with Crippen molar-refractivity contribution in [2.75, 3.05) is 0 Å².